The van der Waals surface area contributed by atoms with E-state index >= 15 is 0 Å². The Morgan fingerprint density at radius 1 is 1.54 bits per heavy atom. The molecular formula is C11H23NO. The molecule has 2 unspecified atom stereocenters. The number of ether oxygens (including phenoxy) is 1. The van der Waals surface area contributed by atoms with E-state index in [1.165, 1.54) is 6.42 Å². The molecule has 2 nitrogen and oxygen atoms in total. The second-order valence-corrected chi connectivity index (χ2v) is 4.77. The van der Waals surface area contributed by atoms with Crippen LogP contribution in [-0.2, 0) is 4.74 Å². The summed E-state index contributed by atoms with van der Waals surface area (Å²) in [6.07, 6.45) is 2.46. The zero-order valence-electron chi connectivity index (χ0n) is 9.39. The van der Waals surface area contributed by atoms with Crippen molar-refractivity contribution in [2.45, 2.75) is 39.7 Å². The maximum Gasteiger partial charge on any atom is 0.0622 e. The maximum absolute atomic E-state index is 5.57. The summed E-state index contributed by atoms with van der Waals surface area (Å²) in [4.78, 5) is 0. The van der Waals surface area contributed by atoms with Crippen LogP contribution in [0.15, 0.2) is 0 Å². The molecular weight excluding hydrogens is 162 g/mol. The molecule has 0 amide bonds. The van der Waals surface area contributed by atoms with Gasteiger partial charge in [-0.05, 0) is 31.2 Å². The minimum Gasteiger partial charge on any atom is -0.380 e. The first-order valence-corrected chi connectivity index (χ1v) is 5.37. The summed E-state index contributed by atoms with van der Waals surface area (Å²) >= 11 is 0. The molecule has 2 atom stereocenters. The van der Waals surface area contributed by atoms with Gasteiger partial charge >= 0.3 is 0 Å². The van der Waals surface area contributed by atoms with Crippen molar-refractivity contribution < 1.29 is 4.74 Å². The van der Waals surface area contributed by atoms with Gasteiger partial charge in [0.05, 0.1) is 6.61 Å². The summed E-state index contributed by atoms with van der Waals surface area (Å²) in [5.41, 5.74) is 0.545. The van der Waals surface area contributed by atoms with Crippen molar-refractivity contribution in [3.05, 3.63) is 0 Å². The summed E-state index contributed by atoms with van der Waals surface area (Å²) < 4.78 is 5.57. The molecule has 1 saturated carbocycles. The summed E-state index contributed by atoms with van der Waals surface area (Å²) in [5.74, 6) is 0.814. The van der Waals surface area contributed by atoms with Crippen LogP contribution < -0.4 is 5.32 Å². The van der Waals surface area contributed by atoms with Crippen molar-refractivity contribution in [2.75, 3.05) is 20.3 Å². The van der Waals surface area contributed by atoms with E-state index in [0.29, 0.717) is 11.5 Å². The predicted octanol–water partition coefficient (Wildman–Crippen LogP) is 2.05. The highest BCUT2D eigenvalue weighted by Crippen LogP contribution is 2.53. The lowest BCUT2D eigenvalue weighted by molar-refractivity contribution is 0.104. The molecule has 1 fully saturated rings. The molecule has 0 saturated heterocycles. The zero-order valence-corrected chi connectivity index (χ0v) is 9.39. The Hall–Kier alpha value is -0.0800. The Morgan fingerprint density at radius 3 is 2.54 bits per heavy atom. The average molecular weight is 185 g/mol. The fourth-order valence-electron chi connectivity index (χ4n) is 1.95. The van der Waals surface area contributed by atoms with E-state index in [4.69, 9.17) is 4.74 Å². The molecule has 0 spiro atoms. The molecule has 0 aliphatic heterocycles. The van der Waals surface area contributed by atoms with Gasteiger partial charge in [-0.2, -0.15) is 0 Å². The highest BCUT2D eigenvalue weighted by atomic mass is 16.5. The first kappa shape index (κ1) is 11.0. The van der Waals surface area contributed by atoms with Gasteiger partial charge in [0.25, 0.3) is 0 Å². The third kappa shape index (κ3) is 2.96. The van der Waals surface area contributed by atoms with Crippen LogP contribution in [0.4, 0.5) is 0 Å². The van der Waals surface area contributed by atoms with Gasteiger partial charge in [-0.25, -0.2) is 0 Å². The largest absolute Gasteiger partial charge is 0.380 e. The summed E-state index contributed by atoms with van der Waals surface area (Å²) in [7, 11) is 2.04. The van der Waals surface area contributed by atoms with E-state index in [2.05, 4.69) is 26.1 Å². The van der Waals surface area contributed by atoms with E-state index < -0.39 is 0 Å². The molecule has 0 aromatic rings. The first-order valence-electron chi connectivity index (χ1n) is 5.37. The predicted molar refractivity (Wildman–Crippen MR) is 55.8 cm³/mol. The molecule has 0 bridgehead atoms. The summed E-state index contributed by atoms with van der Waals surface area (Å²) in [6, 6.07) is 0.557. The SMILES string of the molecule is CCCOCC(NC)C1CC1(C)C. The zero-order chi connectivity index (χ0) is 9.90. The van der Waals surface area contributed by atoms with Crippen LogP contribution in [0.2, 0.25) is 0 Å². The topological polar surface area (TPSA) is 21.3 Å². The quantitative estimate of drug-likeness (QED) is 0.639. The molecule has 1 rings (SSSR count). The third-order valence-electron chi connectivity index (χ3n) is 3.09. The molecule has 13 heavy (non-hydrogen) atoms. The van der Waals surface area contributed by atoms with Crippen LogP contribution in [-0.4, -0.2) is 26.3 Å². The van der Waals surface area contributed by atoms with Crippen LogP contribution in [0.1, 0.15) is 33.6 Å². The van der Waals surface area contributed by atoms with Gasteiger partial charge in [0, 0.05) is 12.6 Å². The normalized spacial score (nSPS) is 27.2. The van der Waals surface area contributed by atoms with Gasteiger partial charge in [-0.3, -0.25) is 0 Å². The standard InChI is InChI=1S/C11H23NO/c1-5-6-13-8-10(12-4)9-7-11(9,2)3/h9-10,12H,5-8H2,1-4H3. The Bertz CT molecular complexity index is 156. The lowest BCUT2D eigenvalue weighted by atomic mass is 10.0. The third-order valence-corrected chi connectivity index (χ3v) is 3.09. The molecule has 1 aliphatic rings. The highest BCUT2D eigenvalue weighted by Gasteiger charge is 2.49. The van der Waals surface area contributed by atoms with Gasteiger partial charge in [0.15, 0.2) is 0 Å². The van der Waals surface area contributed by atoms with E-state index in [9.17, 15) is 0 Å². The van der Waals surface area contributed by atoms with Crippen LogP contribution in [0.25, 0.3) is 0 Å². The van der Waals surface area contributed by atoms with Gasteiger partial charge < -0.3 is 10.1 Å². The minimum absolute atomic E-state index is 0.545. The van der Waals surface area contributed by atoms with Gasteiger partial charge in [0.1, 0.15) is 0 Å². The van der Waals surface area contributed by atoms with Crippen LogP contribution in [0.3, 0.4) is 0 Å². The number of rotatable bonds is 6. The van der Waals surface area contributed by atoms with E-state index in [1.54, 1.807) is 0 Å². The maximum atomic E-state index is 5.57. The monoisotopic (exact) mass is 185 g/mol. The fraction of sp³-hybridized carbons (Fsp3) is 1.00. The Morgan fingerprint density at radius 2 is 2.15 bits per heavy atom. The van der Waals surface area contributed by atoms with Crippen LogP contribution in [0.5, 0.6) is 0 Å². The van der Waals surface area contributed by atoms with Crippen molar-refractivity contribution in [1.29, 1.82) is 0 Å². The molecule has 78 valence electrons. The first-order chi connectivity index (χ1) is 6.11. The van der Waals surface area contributed by atoms with E-state index in [1.807, 2.05) is 7.05 Å². The number of hydrogen-bond acceptors (Lipinski definition) is 2. The number of likely N-dealkylation sites (N-methyl/N-ethyl adjacent to an activating group) is 1. The Kier molecular flexibility index (Phi) is 3.74. The Labute approximate surface area is 82.0 Å². The van der Waals surface area contributed by atoms with Gasteiger partial charge in [-0.1, -0.05) is 20.8 Å². The Balaban J connectivity index is 2.21. The molecule has 1 aliphatic carbocycles. The van der Waals surface area contributed by atoms with Gasteiger partial charge in [-0.15, -0.1) is 0 Å². The average Bonchev–Trinajstić information content (AvgIpc) is 2.69. The van der Waals surface area contributed by atoms with Crippen LogP contribution >= 0.6 is 0 Å². The molecule has 2 heteroatoms. The lowest BCUT2D eigenvalue weighted by Gasteiger charge is -2.17. The molecule has 0 aromatic heterocycles. The molecule has 0 aromatic carbocycles. The molecule has 0 radical (unpaired) electrons. The molecule has 1 N–H and O–H groups in total. The minimum atomic E-state index is 0.545. The van der Waals surface area contributed by atoms with Crippen molar-refractivity contribution in [3.63, 3.8) is 0 Å². The molecule has 0 heterocycles. The highest BCUT2D eigenvalue weighted by molar-refractivity contribution is 5.01. The van der Waals surface area contributed by atoms with Crippen molar-refractivity contribution in [3.8, 4) is 0 Å². The number of hydrogen-bond donors (Lipinski definition) is 1. The van der Waals surface area contributed by atoms with Gasteiger partial charge in [0.2, 0.25) is 0 Å². The second kappa shape index (κ2) is 4.43. The smallest absolute Gasteiger partial charge is 0.0622 e. The number of nitrogens with one attached hydrogen (secondary N) is 1. The van der Waals surface area contributed by atoms with E-state index in [-0.39, 0.29) is 0 Å². The van der Waals surface area contributed by atoms with Crippen LogP contribution in [0, 0.1) is 11.3 Å². The van der Waals surface area contributed by atoms with Crippen molar-refractivity contribution in [2.24, 2.45) is 11.3 Å². The van der Waals surface area contributed by atoms with Crippen molar-refractivity contribution in [1.82, 2.24) is 5.32 Å². The lowest BCUT2D eigenvalue weighted by Crippen LogP contribution is -2.34. The summed E-state index contributed by atoms with van der Waals surface area (Å²) in [6.45, 7) is 8.59. The second-order valence-electron chi connectivity index (χ2n) is 4.77. The van der Waals surface area contributed by atoms with E-state index in [0.717, 1.165) is 25.6 Å². The fourth-order valence-corrected chi connectivity index (χ4v) is 1.95. The summed E-state index contributed by atoms with van der Waals surface area (Å²) in [5, 5.41) is 3.35. The van der Waals surface area contributed by atoms with Crippen molar-refractivity contribution >= 4 is 0 Å².